The summed E-state index contributed by atoms with van der Waals surface area (Å²) >= 11 is 0. The quantitative estimate of drug-likeness (QED) is 0.852. The van der Waals surface area contributed by atoms with E-state index in [1.165, 1.54) is 0 Å². The predicted octanol–water partition coefficient (Wildman–Crippen LogP) is 2.41. The minimum atomic E-state index is -0.122. The van der Waals surface area contributed by atoms with E-state index in [1.807, 2.05) is 11.8 Å². The van der Waals surface area contributed by atoms with Crippen molar-refractivity contribution in [1.82, 2.24) is 19.9 Å². The lowest BCUT2D eigenvalue weighted by Gasteiger charge is -2.31. The molecular formula is C17H28N4O2. The van der Waals surface area contributed by atoms with Gasteiger partial charge in [-0.25, -0.2) is 0 Å². The van der Waals surface area contributed by atoms with Gasteiger partial charge in [-0.1, -0.05) is 25.9 Å². The topological polar surface area (TPSA) is 62.5 Å². The molecule has 1 aliphatic carbocycles. The van der Waals surface area contributed by atoms with Gasteiger partial charge in [-0.15, -0.1) is 0 Å². The van der Waals surface area contributed by atoms with E-state index in [2.05, 4.69) is 35.8 Å². The van der Waals surface area contributed by atoms with Crippen molar-refractivity contribution in [3.05, 3.63) is 11.7 Å². The summed E-state index contributed by atoms with van der Waals surface area (Å²) in [6, 6.07) is 0.00685. The second kappa shape index (κ2) is 6.23. The minimum Gasteiger partial charge on any atom is -0.340 e. The number of nitrogens with zero attached hydrogens (tertiary/aromatic N) is 4. The highest BCUT2D eigenvalue weighted by Gasteiger charge is 2.48. The fourth-order valence-corrected chi connectivity index (χ4v) is 3.37. The Balaban J connectivity index is 1.82. The summed E-state index contributed by atoms with van der Waals surface area (Å²) < 4.78 is 5.46. The minimum absolute atomic E-state index is 0.00685. The summed E-state index contributed by atoms with van der Waals surface area (Å²) in [6.07, 6.45) is 3.03. The fraction of sp³-hybridized carbons (Fsp3) is 0.824. The molecule has 0 spiro atoms. The van der Waals surface area contributed by atoms with E-state index in [9.17, 15) is 4.79 Å². The number of rotatable bonds is 4. The molecule has 0 radical (unpaired) electrons. The van der Waals surface area contributed by atoms with Crippen LogP contribution in [0.1, 0.15) is 57.8 Å². The normalized spacial score (nSPS) is 24.7. The van der Waals surface area contributed by atoms with Gasteiger partial charge in [0.05, 0.1) is 0 Å². The SMILES string of the molecule is Cc1noc(C2CN(C(=O)C3(C)CC3)CCCN2CC(C)C)n1. The zero-order valence-electron chi connectivity index (χ0n) is 14.7. The number of aryl methyl sites for hydroxylation is 1. The maximum Gasteiger partial charge on any atom is 0.245 e. The first-order chi connectivity index (χ1) is 10.9. The Bertz CT molecular complexity index is 565. The third-order valence-electron chi connectivity index (χ3n) is 4.94. The molecule has 1 saturated heterocycles. The molecule has 3 rings (SSSR count). The molecule has 2 aliphatic rings. The van der Waals surface area contributed by atoms with Gasteiger partial charge in [-0.3, -0.25) is 9.69 Å². The molecule has 1 amide bonds. The number of hydrogen-bond donors (Lipinski definition) is 0. The van der Waals surface area contributed by atoms with Crippen molar-refractivity contribution in [1.29, 1.82) is 0 Å². The lowest BCUT2D eigenvalue weighted by Crippen LogP contribution is -2.41. The summed E-state index contributed by atoms with van der Waals surface area (Å²) in [6.45, 7) is 11.8. The van der Waals surface area contributed by atoms with E-state index < -0.39 is 0 Å². The molecule has 1 aromatic rings. The van der Waals surface area contributed by atoms with Crippen molar-refractivity contribution in [2.24, 2.45) is 11.3 Å². The Labute approximate surface area is 138 Å². The average Bonchev–Trinajstić information content (AvgIpc) is 3.15. The lowest BCUT2D eigenvalue weighted by atomic mass is 10.1. The first-order valence-electron chi connectivity index (χ1n) is 8.73. The molecular weight excluding hydrogens is 292 g/mol. The van der Waals surface area contributed by atoms with E-state index in [-0.39, 0.29) is 11.5 Å². The van der Waals surface area contributed by atoms with Crippen LogP contribution in [-0.2, 0) is 4.79 Å². The zero-order valence-corrected chi connectivity index (χ0v) is 14.7. The summed E-state index contributed by atoms with van der Waals surface area (Å²) in [5.74, 6) is 2.15. The van der Waals surface area contributed by atoms with Crippen LogP contribution in [0.4, 0.5) is 0 Å². The van der Waals surface area contributed by atoms with Crippen molar-refractivity contribution in [3.63, 3.8) is 0 Å². The van der Waals surface area contributed by atoms with E-state index in [1.54, 1.807) is 0 Å². The molecule has 23 heavy (non-hydrogen) atoms. The van der Waals surface area contributed by atoms with Gasteiger partial charge in [0.2, 0.25) is 11.8 Å². The summed E-state index contributed by atoms with van der Waals surface area (Å²) in [5, 5.41) is 3.95. The number of carbonyl (C=O) groups excluding carboxylic acids is 1. The Hall–Kier alpha value is -1.43. The van der Waals surface area contributed by atoms with Crippen LogP contribution in [0.5, 0.6) is 0 Å². The van der Waals surface area contributed by atoms with Crippen LogP contribution in [0, 0.1) is 18.3 Å². The highest BCUT2D eigenvalue weighted by molar-refractivity contribution is 5.85. The van der Waals surface area contributed by atoms with E-state index in [0.717, 1.165) is 38.9 Å². The van der Waals surface area contributed by atoms with Crippen LogP contribution >= 0.6 is 0 Å². The average molecular weight is 320 g/mol. The van der Waals surface area contributed by atoms with Gasteiger partial charge < -0.3 is 9.42 Å². The number of carbonyl (C=O) groups is 1. The van der Waals surface area contributed by atoms with Gasteiger partial charge in [0.25, 0.3) is 0 Å². The van der Waals surface area contributed by atoms with Crippen LogP contribution in [0.3, 0.4) is 0 Å². The van der Waals surface area contributed by atoms with Gasteiger partial charge in [-0.2, -0.15) is 4.98 Å². The van der Waals surface area contributed by atoms with Crippen LogP contribution in [0.25, 0.3) is 0 Å². The van der Waals surface area contributed by atoms with Crippen molar-refractivity contribution in [2.45, 2.75) is 53.0 Å². The first kappa shape index (κ1) is 16.4. The van der Waals surface area contributed by atoms with Crippen molar-refractivity contribution in [2.75, 3.05) is 26.2 Å². The van der Waals surface area contributed by atoms with E-state index >= 15 is 0 Å². The molecule has 1 saturated carbocycles. The molecule has 1 aromatic heterocycles. The number of aromatic nitrogens is 2. The van der Waals surface area contributed by atoms with E-state index in [0.29, 0.717) is 30.1 Å². The van der Waals surface area contributed by atoms with Crippen molar-refractivity contribution < 1.29 is 9.32 Å². The Kier molecular flexibility index (Phi) is 4.45. The van der Waals surface area contributed by atoms with Gasteiger partial charge in [0, 0.05) is 31.6 Å². The third-order valence-corrected chi connectivity index (χ3v) is 4.94. The molecule has 2 fully saturated rings. The molecule has 1 aliphatic heterocycles. The molecule has 1 atom stereocenters. The zero-order chi connectivity index (χ0) is 16.6. The van der Waals surface area contributed by atoms with Gasteiger partial charge in [0.15, 0.2) is 5.82 Å². The number of hydrogen-bond acceptors (Lipinski definition) is 5. The van der Waals surface area contributed by atoms with Crippen molar-refractivity contribution in [3.8, 4) is 0 Å². The van der Waals surface area contributed by atoms with Gasteiger partial charge in [0.1, 0.15) is 6.04 Å². The molecule has 6 heteroatoms. The Morgan fingerprint density at radius 1 is 1.39 bits per heavy atom. The Morgan fingerprint density at radius 2 is 2.13 bits per heavy atom. The predicted molar refractivity (Wildman–Crippen MR) is 86.7 cm³/mol. The molecule has 1 unspecified atom stereocenters. The maximum absolute atomic E-state index is 12.8. The molecule has 128 valence electrons. The molecule has 2 heterocycles. The third kappa shape index (κ3) is 3.57. The van der Waals surface area contributed by atoms with Crippen LogP contribution in [0.15, 0.2) is 4.52 Å². The fourth-order valence-electron chi connectivity index (χ4n) is 3.37. The van der Waals surface area contributed by atoms with Gasteiger partial charge in [-0.05, 0) is 32.1 Å². The monoisotopic (exact) mass is 320 g/mol. The van der Waals surface area contributed by atoms with E-state index in [4.69, 9.17) is 4.52 Å². The van der Waals surface area contributed by atoms with Gasteiger partial charge >= 0.3 is 0 Å². The summed E-state index contributed by atoms with van der Waals surface area (Å²) in [5.41, 5.74) is -0.122. The summed E-state index contributed by atoms with van der Waals surface area (Å²) in [7, 11) is 0. The van der Waals surface area contributed by atoms with Crippen LogP contribution < -0.4 is 0 Å². The number of amides is 1. The standard InChI is InChI=1S/C17H28N4O2/c1-12(2)10-20-8-5-9-21(16(22)17(4)6-7-17)11-14(20)15-18-13(3)19-23-15/h12,14H,5-11H2,1-4H3. The summed E-state index contributed by atoms with van der Waals surface area (Å²) in [4.78, 5) is 21.7. The molecule has 0 aromatic carbocycles. The largest absolute Gasteiger partial charge is 0.340 e. The highest BCUT2D eigenvalue weighted by Crippen LogP contribution is 2.47. The second-order valence-electron chi connectivity index (χ2n) is 7.75. The lowest BCUT2D eigenvalue weighted by molar-refractivity contribution is -0.136. The smallest absolute Gasteiger partial charge is 0.245 e. The van der Waals surface area contributed by atoms with Crippen LogP contribution in [0.2, 0.25) is 0 Å². The maximum atomic E-state index is 12.8. The Morgan fingerprint density at radius 3 is 2.70 bits per heavy atom. The van der Waals surface area contributed by atoms with Crippen LogP contribution in [-0.4, -0.2) is 52.0 Å². The molecule has 6 nitrogen and oxygen atoms in total. The second-order valence-corrected chi connectivity index (χ2v) is 7.75. The highest BCUT2D eigenvalue weighted by atomic mass is 16.5. The molecule has 0 bridgehead atoms. The first-order valence-corrected chi connectivity index (χ1v) is 8.73. The van der Waals surface area contributed by atoms with Crippen molar-refractivity contribution >= 4 is 5.91 Å². The molecule has 0 N–H and O–H groups in total.